The van der Waals surface area contributed by atoms with E-state index in [1.54, 1.807) is 7.11 Å². The van der Waals surface area contributed by atoms with Crippen LogP contribution in [0.3, 0.4) is 0 Å². The van der Waals surface area contributed by atoms with Crippen LogP contribution in [-0.2, 0) is 9.47 Å². The molecule has 0 aliphatic carbocycles. The Labute approximate surface area is 92.5 Å². The van der Waals surface area contributed by atoms with Gasteiger partial charge >= 0.3 is 0 Å². The first-order valence-electron chi connectivity index (χ1n) is 5.74. The third-order valence-corrected chi connectivity index (χ3v) is 3.32. The van der Waals surface area contributed by atoms with Crippen molar-refractivity contribution in [3.63, 3.8) is 0 Å². The highest BCUT2D eigenvalue weighted by Crippen LogP contribution is 2.28. The molecule has 1 atom stereocenters. The lowest BCUT2D eigenvalue weighted by atomic mass is 9.80. The van der Waals surface area contributed by atoms with Crippen molar-refractivity contribution in [3.8, 4) is 0 Å². The van der Waals surface area contributed by atoms with Crippen molar-refractivity contribution in [2.24, 2.45) is 11.1 Å². The highest BCUT2D eigenvalue weighted by atomic mass is 16.5. The van der Waals surface area contributed by atoms with Crippen molar-refractivity contribution in [1.82, 2.24) is 5.32 Å². The Morgan fingerprint density at radius 2 is 2.13 bits per heavy atom. The standard InChI is InChI=1S/C11H24N2O2/c1-10(14-2)7-13-9-11(8-12)3-5-15-6-4-11/h10,13H,3-9,12H2,1-2H3. The summed E-state index contributed by atoms with van der Waals surface area (Å²) in [6, 6.07) is 0. The van der Waals surface area contributed by atoms with E-state index in [1.807, 2.05) is 0 Å². The molecule has 0 amide bonds. The largest absolute Gasteiger partial charge is 0.381 e. The Morgan fingerprint density at radius 3 is 2.67 bits per heavy atom. The molecule has 0 aromatic rings. The van der Waals surface area contributed by atoms with Crippen LogP contribution in [0.5, 0.6) is 0 Å². The molecule has 0 saturated carbocycles. The molecular weight excluding hydrogens is 192 g/mol. The Morgan fingerprint density at radius 1 is 1.47 bits per heavy atom. The molecule has 15 heavy (non-hydrogen) atoms. The van der Waals surface area contributed by atoms with Gasteiger partial charge in [-0.1, -0.05) is 0 Å². The van der Waals surface area contributed by atoms with Crippen molar-refractivity contribution >= 4 is 0 Å². The van der Waals surface area contributed by atoms with E-state index in [-0.39, 0.29) is 11.5 Å². The number of methoxy groups -OCH3 is 1. The average Bonchev–Trinajstić information content (AvgIpc) is 2.30. The Hall–Kier alpha value is -0.160. The lowest BCUT2D eigenvalue weighted by molar-refractivity contribution is 0.0172. The summed E-state index contributed by atoms with van der Waals surface area (Å²) in [4.78, 5) is 0. The summed E-state index contributed by atoms with van der Waals surface area (Å²) in [7, 11) is 1.74. The summed E-state index contributed by atoms with van der Waals surface area (Å²) in [6.45, 7) is 6.36. The highest BCUT2D eigenvalue weighted by Gasteiger charge is 2.30. The van der Waals surface area contributed by atoms with Gasteiger partial charge in [-0.05, 0) is 31.7 Å². The predicted molar refractivity (Wildman–Crippen MR) is 60.9 cm³/mol. The van der Waals surface area contributed by atoms with Gasteiger partial charge in [0.15, 0.2) is 0 Å². The van der Waals surface area contributed by atoms with Gasteiger partial charge in [-0.2, -0.15) is 0 Å². The Balaban J connectivity index is 2.26. The fourth-order valence-electron chi connectivity index (χ4n) is 1.88. The number of ether oxygens (including phenoxy) is 2. The molecule has 1 saturated heterocycles. The maximum absolute atomic E-state index is 5.86. The number of hydrogen-bond acceptors (Lipinski definition) is 4. The number of rotatable bonds is 6. The number of nitrogens with one attached hydrogen (secondary N) is 1. The molecule has 4 nitrogen and oxygen atoms in total. The zero-order valence-corrected chi connectivity index (χ0v) is 9.92. The van der Waals surface area contributed by atoms with Crippen LogP contribution in [-0.4, -0.2) is 46.1 Å². The van der Waals surface area contributed by atoms with E-state index in [0.717, 1.165) is 45.7 Å². The topological polar surface area (TPSA) is 56.5 Å². The molecule has 1 heterocycles. The number of hydrogen-bond donors (Lipinski definition) is 2. The van der Waals surface area contributed by atoms with Crippen molar-refractivity contribution in [2.75, 3.05) is 40.0 Å². The van der Waals surface area contributed by atoms with E-state index in [9.17, 15) is 0 Å². The second-order valence-corrected chi connectivity index (χ2v) is 4.49. The van der Waals surface area contributed by atoms with Crippen LogP contribution >= 0.6 is 0 Å². The maximum atomic E-state index is 5.86. The molecule has 0 aromatic carbocycles. The molecule has 1 aliphatic heterocycles. The number of nitrogens with two attached hydrogens (primary N) is 1. The van der Waals surface area contributed by atoms with Crippen LogP contribution in [0.1, 0.15) is 19.8 Å². The highest BCUT2D eigenvalue weighted by molar-refractivity contribution is 4.85. The molecule has 1 aliphatic rings. The van der Waals surface area contributed by atoms with Crippen LogP contribution in [0, 0.1) is 5.41 Å². The van der Waals surface area contributed by atoms with E-state index >= 15 is 0 Å². The third-order valence-electron chi connectivity index (χ3n) is 3.32. The van der Waals surface area contributed by atoms with Crippen molar-refractivity contribution in [3.05, 3.63) is 0 Å². The first kappa shape index (κ1) is 12.9. The van der Waals surface area contributed by atoms with Crippen molar-refractivity contribution < 1.29 is 9.47 Å². The summed E-state index contributed by atoms with van der Waals surface area (Å²) < 4.78 is 10.6. The van der Waals surface area contributed by atoms with Crippen molar-refractivity contribution in [1.29, 1.82) is 0 Å². The molecule has 0 bridgehead atoms. The molecule has 1 unspecified atom stereocenters. The monoisotopic (exact) mass is 216 g/mol. The van der Waals surface area contributed by atoms with Gasteiger partial charge in [0.25, 0.3) is 0 Å². The van der Waals surface area contributed by atoms with Gasteiger partial charge in [0.05, 0.1) is 6.10 Å². The molecular formula is C11H24N2O2. The molecule has 90 valence electrons. The molecule has 0 spiro atoms. The minimum absolute atomic E-state index is 0.242. The van der Waals surface area contributed by atoms with Gasteiger partial charge in [0.1, 0.15) is 0 Å². The van der Waals surface area contributed by atoms with Gasteiger partial charge < -0.3 is 20.5 Å². The van der Waals surface area contributed by atoms with Crippen LogP contribution in [0.2, 0.25) is 0 Å². The quantitative estimate of drug-likeness (QED) is 0.673. The van der Waals surface area contributed by atoms with Crippen LogP contribution < -0.4 is 11.1 Å². The van der Waals surface area contributed by atoms with Crippen LogP contribution in [0.15, 0.2) is 0 Å². The smallest absolute Gasteiger partial charge is 0.0667 e. The van der Waals surface area contributed by atoms with Crippen LogP contribution in [0.25, 0.3) is 0 Å². The van der Waals surface area contributed by atoms with E-state index < -0.39 is 0 Å². The van der Waals surface area contributed by atoms with Crippen LogP contribution in [0.4, 0.5) is 0 Å². The first-order chi connectivity index (χ1) is 7.22. The molecule has 0 aromatic heterocycles. The summed E-state index contributed by atoms with van der Waals surface area (Å²) >= 11 is 0. The maximum Gasteiger partial charge on any atom is 0.0667 e. The second kappa shape index (κ2) is 6.43. The summed E-state index contributed by atoms with van der Waals surface area (Å²) in [5, 5.41) is 3.44. The normalized spacial score (nSPS) is 22.6. The zero-order valence-electron chi connectivity index (χ0n) is 9.92. The summed E-state index contributed by atoms with van der Waals surface area (Å²) in [5.74, 6) is 0. The van der Waals surface area contributed by atoms with Gasteiger partial charge in [-0.15, -0.1) is 0 Å². The molecule has 1 fully saturated rings. The van der Waals surface area contributed by atoms with Crippen molar-refractivity contribution in [2.45, 2.75) is 25.9 Å². The lowest BCUT2D eigenvalue weighted by Gasteiger charge is -2.36. The average molecular weight is 216 g/mol. The molecule has 4 heteroatoms. The van der Waals surface area contributed by atoms with Gasteiger partial charge in [-0.3, -0.25) is 0 Å². The fraction of sp³-hybridized carbons (Fsp3) is 1.00. The molecule has 0 radical (unpaired) electrons. The first-order valence-corrected chi connectivity index (χ1v) is 5.74. The SMILES string of the molecule is COC(C)CNCC1(CN)CCOCC1. The van der Waals surface area contributed by atoms with E-state index in [4.69, 9.17) is 15.2 Å². The Kier molecular flexibility index (Phi) is 5.53. The van der Waals surface area contributed by atoms with Gasteiger partial charge in [0.2, 0.25) is 0 Å². The minimum atomic E-state index is 0.242. The van der Waals surface area contributed by atoms with E-state index in [1.165, 1.54) is 0 Å². The minimum Gasteiger partial charge on any atom is -0.381 e. The fourth-order valence-corrected chi connectivity index (χ4v) is 1.88. The van der Waals surface area contributed by atoms with Gasteiger partial charge in [0, 0.05) is 33.4 Å². The predicted octanol–water partition coefficient (Wildman–Crippen LogP) is 0.366. The van der Waals surface area contributed by atoms with Gasteiger partial charge in [-0.25, -0.2) is 0 Å². The molecule has 3 N–H and O–H groups in total. The third kappa shape index (κ3) is 4.07. The van der Waals surface area contributed by atoms with E-state index in [2.05, 4.69) is 12.2 Å². The lowest BCUT2D eigenvalue weighted by Crippen LogP contribution is -2.45. The van der Waals surface area contributed by atoms with E-state index in [0.29, 0.717) is 0 Å². The summed E-state index contributed by atoms with van der Waals surface area (Å²) in [6.07, 6.45) is 2.40. The second-order valence-electron chi connectivity index (χ2n) is 4.49. The zero-order chi connectivity index (χ0) is 11.1. The summed E-state index contributed by atoms with van der Waals surface area (Å²) in [5.41, 5.74) is 6.10. The molecule has 1 rings (SSSR count). The Bertz CT molecular complexity index is 170.